The lowest BCUT2D eigenvalue weighted by Crippen LogP contribution is -2.17. The highest BCUT2D eigenvalue weighted by Gasteiger charge is 2.10. The monoisotopic (exact) mass is 169 g/mol. The van der Waals surface area contributed by atoms with Crippen molar-refractivity contribution in [2.45, 2.75) is 19.4 Å². The van der Waals surface area contributed by atoms with Gasteiger partial charge in [0.2, 0.25) is 0 Å². The summed E-state index contributed by atoms with van der Waals surface area (Å²) < 4.78 is 13.1. The number of hydroxylamine groups is 1. The van der Waals surface area contributed by atoms with Crippen LogP contribution in [0.1, 0.15) is 24.9 Å². The van der Waals surface area contributed by atoms with Gasteiger partial charge in [-0.05, 0) is 12.5 Å². The number of hydrogen-bond donors (Lipinski definition) is 2. The van der Waals surface area contributed by atoms with Crippen LogP contribution in [0.15, 0.2) is 24.3 Å². The van der Waals surface area contributed by atoms with Gasteiger partial charge in [-0.15, -0.1) is 0 Å². The van der Waals surface area contributed by atoms with Crippen LogP contribution in [-0.4, -0.2) is 5.21 Å². The van der Waals surface area contributed by atoms with Gasteiger partial charge in [-0.2, -0.15) is 5.48 Å². The molecule has 0 unspecified atom stereocenters. The lowest BCUT2D eigenvalue weighted by molar-refractivity contribution is 0.122. The van der Waals surface area contributed by atoms with Crippen LogP contribution in [-0.2, 0) is 0 Å². The fourth-order valence-electron chi connectivity index (χ4n) is 1.14. The van der Waals surface area contributed by atoms with E-state index in [4.69, 9.17) is 5.21 Å². The summed E-state index contributed by atoms with van der Waals surface area (Å²) in [5.41, 5.74) is 2.57. The molecule has 1 aromatic carbocycles. The van der Waals surface area contributed by atoms with Crippen molar-refractivity contribution in [2.75, 3.05) is 0 Å². The largest absolute Gasteiger partial charge is 0.316 e. The van der Waals surface area contributed by atoms with Crippen LogP contribution in [0.25, 0.3) is 0 Å². The zero-order valence-corrected chi connectivity index (χ0v) is 6.92. The van der Waals surface area contributed by atoms with Gasteiger partial charge in [0.25, 0.3) is 0 Å². The first-order valence-corrected chi connectivity index (χ1v) is 3.93. The minimum absolute atomic E-state index is 0.286. The van der Waals surface area contributed by atoms with Gasteiger partial charge < -0.3 is 5.21 Å². The zero-order chi connectivity index (χ0) is 8.97. The second-order valence-corrected chi connectivity index (χ2v) is 2.61. The van der Waals surface area contributed by atoms with Crippen LogP contribution in [0.3, 0.4) is 0 Å². The predicted molar refractivity (Wildman–Crippen MR) is 44.4 cm³/mol. The summed E-state index contributed by atoms with van der Waals surface area (Å²) in [6.45, 7) is 1.88. The minimum atomic E-state index is -0.314. The van der Waals surface area contributed by atoms with Crippen molar-refractivity contribution in [3.63, 3.8) is 0 Å². The molecule has 66 valence electrons. The van der Waals surface area contributed by atoms with Crippen LogP contribution < -0.4 is 5.48 Å². The van der Waals surface area contributed by atoms with Gasteiger partial charge >= 0.3 is 0 Å². The molecule has 0 saturated heterocycles. The lowest BCUT2D eigenvalue weighted by atomic mass is 10.1. The number of benzene rings is 1. The molecule has 0 spiro atoms. The van der Waals surface area contributed by atoms with E-state index in [0.717, 1.165) is 0 Å². The molecule has 0 aliphatic rings. The molecule has 0 radical (unpaired) electrons. The van der Waals surface area contributed by atoms with Crippen LogP contribution >= 0.6 is 0 Å². The summed E-state index contributed by atoms with van der Waals surface area (Å²) in [6, 6.07) is 6.11. The quantitative estimate of drug-likeness (QED) is 0.680. The van der Waals surface area contributed by atoms with Crippen LogP contribution in [0.2, 0.25) is 0 Å². The van der Waals surface area contributed by atoms with E-state index in [-0.39, 0.29) is 11.9 Å². The highest BCUT2D eigenvalue weighted by Crippen LogP contribution is 2.18. The Kier molecular flexibility index (Phi) is 3.19. The Labute approximate surface area is 71.0 Å². The summed E-state index contributed by atoms with van der Waals surface area (Å²) in [5.74, 6) is -0.286. The predicted octanol–water partition coefficient (Wildman–Crippen LogP) is 2.26. The summed E-state index contributed by atoms with van der Waals surface area (Å²) in [4.78, 5) is 0. The number of rotatable bonds is 3. The van der Waals surface area contributed by atoms with Crippen LogP contribution in [0, 0.1) is 5.82 Å². The molecule has 0 amide bonds. The molecule has 0 fully saturated rings. The van der Waals surface area contributed by atoms with Crippen molar-refractivity contribution in [3.05, 3.63) is 35.6 Å². The van der Waals surface area contributed by atoms with Gasteiger partial charge in [-0.25, -0.2) is 4.39 Å². The van der Waals surface area contributed by atoms with E-state index < -0.39 is 0 Å². The maximum Gasteiger partial charge on any atom is 0.128 e. The third kappa shape index (κ3) is 1.81. The molecule has 0 aliphatic heterocycles. The smallest absolute Gasteiger partial charge is 0.128 e. The molecule has 12 heavy (non-hydrogen) atoms. The highest BCUT2D eigenvalue weighted by atomic mass is 19.1. The average molecular weight is 169 g/mol. The average Bonchev–Trinajstić information content (AvgIpc) is 2.10. The Morgan fingerprint density at radius 1 is 1.50 bits per heavy atom. The summed E-state index contributed by atoms with van der Waals surface area (Å²) >= 11 is 0. The molecule has 1 aromatic rings. The van der Waals surface area contributed by atoms with E-state index in [9.17, 15) is 4.39 Å². The van der Waals surface area contributed by atoms with Crippen molar-refractivity contribution >= 4 is 0 Å². The van der Waals surface area contributed by atoms with E-state index in [0.29, 0.717) is 12.0 Å². The first kappa shape index (κ1) is 9.16. The van der Waals surface area contributed by atoms with Crippen molar-refractivity contribution in [1.29, 1.82) is 0 Å². The van der Waals surface area contributed by atoms with Crippen LogP contribution in [0.5, 0.6) is 0 Å². The molecule has 2 N–H and O–H groups in total. The third-order valence-corrected chi connectivity index (χ3v) is 1.84. The molecular formula is C9H12FNO. The Bertz CT molecular complexity index is 248. The van der Waals surface area contributed by atoms with Gasteiger partial charge in [0.05, 0.1) is 6.04 Å². The molecule has 0 saturated carbocycles. The van der Waals surface area contributed by atoms with Gasteiger partial charge in [-0.3, -0.25) is 0 Å². The van der Waals surface area contributed by atoms with E-state index in [1.54, 1.807) is 18.2 Å². The molecule has 0 heterocycles. The fourth-order valence-corrected chi connectivity index (χ4v) is 1.14. The summed E-state index contributed by atoms with van der Waals surface area (Å²) in [6.07, 6.45) is 0.650. The molecule has 3 heteroatoms. The maximum atomic E-state index is 13.1. The minimum Gasteiger partial charge on any atom is -0.316 e. The van der Waals surface area contributed by atoms with E-state index in [2.05, 4.69) is 5.48 Å². The highest BCUT2D eigenvalue weighted by molar-refractivity contribution is 5.20. The van der Waals surface area contributed by atoms with Crippen molar-refractivity contribution < 1.29 is 9.60 Å². The lowest BCUT2D eigenvalue weighted by Gasteiger charge is -2.13. The van der Waals surface area contributed by atoms with Crippen molar-refractivity contribution in [2.24, 2.45) is 0 Å². The van der Waals surface area contributed by atoms with Crippen LogP contribution in [0.4, 0.5) is 4.39 Å². The Hall–Kier alpha value is -0.930. The molecule has 0 bridgehead atoms. The Morgan fingerprint density at radius 3 is 2.67 bits per heavy atom. The first-order chi connectivity index (χ1) is 5.79. The van der Waals surface area contributed by atoms with Crippen molar-refractivity contribution in [1.82, 2.24) is 5.48 Å². The van der Waals surface area contributed by atoms with E-state index >= 15 is 0 Å². The molecule has 1 atom stereocenters. The number of hydrogen-bond acceptors (Lipinski definition) is 2. The Balaban J connectivity index is 2.92. The number of nitrogens with one attached hydrogen (secondary N) is 1. The molecule has 2 nitrogen and oxygen atoms in total. The SMILES string of the molecule is CC[C@H](NO)c1ccccc1F. The standard InChI is InChI=1S/C9H12FNO/c1-2-9(11-12)7-5-3-4-6-8(7)10/h3-6,9,11-12H,2H2,1H3/t9-/m0/s1. The third-order valence-electron chi connectivity index (χ3n) is 1.84. The van der Waals surface area contributed by atoms with E-state index in [1.165, 1.54) is 6.07 Å². The topological polar surface area (TPSA) is 32.3 Å². The number of halogens is 1. The molecular weight excluding hydrogens is 157 g/mol. The molecule has 0 aromatic heterocycles. The maximum absolute atomic E-state index is 13.1. The zero-order valence-electron chi connectivity index (χ0n) is 6.92. The first-order valence-electron chi connectivity index (χ1n) is 3.93. The molecule has 1 rings (SSSR count). The summed E-state index contributed by atoms with van der Waals surface area (Å²) in [7, 11) is 0. The van der Waals surface area contributed by atoms with Gasteiger partial charge in [0.1, 0.15) is 5.82 Å². The molecule has 0 aliphatic carbocycles. The second kappa shape index (κ2) is 4.18. The van der Waals surface area contributed by atoms with Gasteiger partial charge in [0.15, 0.2) is 0 Å². The normalized spacial score (nSPS) is 12.9. The van der Waals surface area contributed by atoms with E-state index in [1.807, 2.05) is 6.92 Å². The Morgan fingerprint density at radius 2 is 2.17 bits per heavy atom. The second-order valence-electron chi connectivity index (χ2n) is 2.61. The summed E-state index contributed by atoms with van der Waals surface area (Å²) in [5, 5.41) is 8.69. The van der Waals surface area contributed by atoms with Gasteiger partial charge in [0, 0.05) is 5.56 Å². The fraction of sp³-hybridized carbons (Fsp3) is 0.333. The van der Waals surface area contributed by atoms with Crippen molar-refractivity contribution in [3.8, 4) is 0 Å². The van der Waals surface area contributed by atoms with Gasteiger partial charge in [-0.1, -0.05) is 25.1 Å².